The molecule has 7 heteroatoms. The number of carboxylic acids is 1. The van der Waals surface area contributed by atoms with Crippen LogP contribution in [0.4, 0.5) is 4.79 Å². The number of carboxylic acid groups (broad SMARTS) is 1. The molecule has 0 bridgehead atoms. The molecule has 1 heterocycles. The average Bonchev–Trinajstić information content (AvgIpc) is 2.37. The van der Waals surface area contributed by atoms with Crippen LogP contribution in [0.5, 0.6) is 0 Å². The predicted molar refractivity (Wildman–Crippen MR) is 73.0 cm³/mol. The van der Waals surface area contributed by atoms with E-state index in [0.717, 1.165) is 0 Å². The lowest BCUT2D eigenvalue weighted by molar-refractivity contribution is -0.152. The van der Waals surface area contributed by atoms with Gasteiger partial charge in [0.05, 0.1) is 5.41 Å². The molecule has 1 fully saturated rings. The summed E-state index contributed by atoms with van der Waals surface area (Å²) in [6.07, 6.45) is 1.80. The van der Waals surface area contributed by atoms with Crippen LogP contribution in [0, 0.1) is 5.41 Å². The van der Waals surface area contributed by atoms with Gasteiger partial charge in [0.1, 0.15) is 0 Å². The predicted octanol–water partition coefficient (Wildman–Crippen LogP) is 0.537. The first-order valence-electron chi connectivity index (χ1n) is 6.88. The summed E-state index contributed by atoms with van der Waals surface area (Å²) in [7, 11) is 0. The first-order valence-corrected chi connectivity index (χ1v) is 6.88. The van der Waals surface area contributed by atoms with E-state index in [0.29, 0.717) is 25.8 Å². The zero-order chi connectivity index (χ0) is 15.3. The molecule has 7 nitrogen and oxygen atoms in total. The fraction of sp³-hybridized carbons (Fsp3) is 0.769. The monoisotopic (exact) mass is 285 g/mol. The summed E-state index contributed by atoms with van der Waals surface area (Å²) in [6, 6.07) is -0.694. The average molecular weight is 285 g/mol. The summed E-state index contributed by atoms with van der Waals surface area (Å²) in [6.45, 7) is 4.25. The molecule has 3 amide bonds. The SMILES string of the molecule is CCC1(C(=O)O)CCCN(C(=O)NC(C)CC(N)=O)C1. The summed E-state index contributed by atoms with van der Waals surface area (Å²) in [5.74, 6) is -1.34. The van der Waals surface area contributed by atoms with Crippen molar-refractivity contribution in [2.75, 3.05) is 13.1 Å². The summed E-state index contributed by atoms with van der Waals surface area (Å²) in [4.78, 5) is 35.8. The highest BCUT2D eigenvalue weighted by atomic mass is 16.4. The molecular formula is C13H23N3O4. The van der Waals surface area contributed by atoms with Gasteiger partial charge >= 0.3 is 12.0 Å². The van der Waals surface area contributed by atoms with E-state index in [-0.39, 0.29) is 25.0 Å². The van der Waals surface area contributed by atoms with E-state index in [1.807, 2.05) is 6.92 Å². The van der Waals surface area contributed by atoms with Crippen LogP contribution >= 0.6 is 0 Å². The second-order valence-electron chi connectivity index (χ2n) is 5.49. The lowest BCUT2D eigenvalue weighted by Gasteiger charge is -2.39. The number of nitrogens with one attached hydrogen (secondary N) is 1. The van der Waals surface area contributed by atoms with Gasteiger partial charge in [-0.25, -0.2) is 4.79 Å². The zero-order valence-electron chi connectivity index (χ0n) is 12.0. The largest absolute Gasteiger partial charge is 0.481 e. The van der Waals surface area contributed by atoms with Crippen LogP contribution in [0.15, 0.2) is 0 Å². The van der Waals surface area contributed by atoms with E-state index in [2.05, 4.69) is 5.32 Å². The van der Waals surface area contributed by atoms with Crippen LogP contribution < -0.4 is 11.1 Å². The molecule has 0 radical (unpaired) electrons. The molecule has 1 rings (SSSR count). The first-order chi connectivity index (χ1) is 9.30. The molecule has 0 saturated carbocycles. The van der Waals surface area contributed by atoms with Crippen molar-refractivity contribution in [2.45, 2.75) is 45.6 Å². The van der Waals surface area contributed by atoms with Gasteiger partial charge in [0, 0.05) is 25.6 Å². The zero-order valence-corrected chi connectivity index (χ0v) is 12.0. The minimum Gasteiger partial charge on any atom is -0.481 e. The van der Waals surface area contributed by atoms with Crippen LogP contribution in [0.2, 0.25) is 0 Å². The van der Waals surface area contributed by atoms with E-state index in [1.165, 1.54) is 4.90 Å². The Labute approximate surface area is 118 Å². The van der Waals surface area contributed by atoms with E-state index in [1.54, 1.807) is 6.92 Å². The van der Waals surface area contributed by atoms with Crippen molar-refractivity contribution in [3.63, 3.8) is 0 Å². The third-order valence-corrected chi connectivity index (χ3v) is 3.87. The summed E-state index contributed by atoms with van der Waals surface area (Å²) >= 11 is 0. The number of amides is 3. The number of likely N-dealkylation sites (tertiary alicyclic amines) is 1. The highest BCUT2D eigenvalue weighted by Gasteiger charge is 2.42. The number of hydrogen-bond donors (Lipinski definition) is 3. The van der Waals surface area contributed by atoms with Gasteiger partial charge < -0.3 is 21.1 Å². The molecule has 0 aromatic rings. The van der Waals surface area contributed by atoms with Crippen LogP contribution in [-0.2, 0) is 9.59 Å². The van der Waals surface area contributed by atoms with Crippen molar-refractivity contribution < 1.29 is 19.5 Å². The van der Waals surface area contributed by atoms with Crippen LogP contribution in [-0.4, -0.2) is 47.0 Å². The third-order valence-electron chi connectivity index (χ3n) is 3.87. The van der Waals surface area contributed by atoms with Crippen molar-refractivity contribution in [2.24, 2.45) is 11.1 Å². The Morgan fingerprint density at radius 1 is 1.45 bits per heavy atom. The van der Waals surface area contributed by atoms with Crippen molar-refractivity contribution in [3.8, 4) is 0 Å². The highest BCUT2D eigenvalue weighted by Crippen LogP contribution is 2.33. The van der Waals surface area contributed by atoms with E-state index in [9.17, 15) is 19.5 Å². The van der Waals surface area contributed by atoms with Gasteiger partial charge in [0.2, 0.25) is 5.91 Å². The number of carbonyl (C=O) groups excluding carboxylic acids is 2. The minimum atomic E-state index is -0.859. The minimum absolute atomic E-state index is 0.0669. The van der Waals surface area contributed by atoms with Crippen LogP contribution in [0.25, 0.3) is 0 Å². The van der Waals surface area contributed by atoms with E-state index < -0.39 is 17.3 Å². The van der Waals surface area contributed by atoms with E-state index >= 15 is 0 Å². The molecule has 4 N–H and O–H groups in total. The second-order valence-corrected chi connectivity index (χ2v) is 5.49. The molecular weight excluding hydrogens is 262 g/mol. The van der Waals surface area contributed by atoms with Gasteiger partial charge in [-0.2, -0.15) is 0 Å². The number of aliphatic carboxylic acids is 1. The molecule has 1 aliphatic rings. The summed E-state index contributed by atoms with van der Waals surface area (Å²) in [5, 5.41) is 12.0. The Morgan fingerprint density at radius 2 is 2.10 bits per heavy atom. The van der Waals surface area contributed by atoms with Crippen molar-refractivity contribution >= 4 is 17.9 Å². The normalized spacial score (nSPS) is 24.0. The Kier molecular flexibility index (Phi) is 5.35. The maximum Gasteiger partial charge on any atom is 0.317 e. The molecule has 0 spiro atoms. The fourth-order valence-corrected chi connectivity index (χ4v) is 2.57. The molecule has 0 aliphatic carbocycles. The standard InChI is InChI=1S/C13H23N3O4/c1-3-13(11(18)19)5-4-6-16(8-13)12(20)15-9(2)7-10(14)17/h9H,3-8H2,1-2H3,(H2,14,17)(H,15,20)(H,18,19). The Hall–Kier alpha value is -1.79. The second kappa shape index (κ2) is 6.58. The topological polar surface area (TPSA) is 113 Å². The van der Waals surface area contributed by atoms with Crippen molar-refractivity contribution in [1.82, 2.24) is 10.2 Å². The number of nitrogens with two attached hydrogens (primary N) is 1. The van der Waals surface area contributed by atoms with Gasteiger partial charge in [-0.1, -0.05) is 6.92 Å². The maximum atomic E-state index is 12.1. The maximum absolute atomic E-state index is 12.1. The summed E-state index contributed by atoms with van der Waals surface area (Å²) in [5.41, 5.74) is 4.21. The lowest BCUT2D eigenvalue weighted by Crippen LogP contribution is -2.53. The number of hydrogen-bond acceptors (Lipinski definition) is 3. The van der Waals surface area contributed by atoms with E-state index in [4.69, 9.17) is 5.73 Å². The number of rotatable bonds is 5. The van der Waals surface area contributed by atoms with Gasteiger partial charge in [0.15, 0.2) is 0 Å². The number of urea groups is 1. The molecule has 1 saturated heterocycles. The molecule has 2 unspecified atom stereocenters. The lowest BCUT2D eigenvalue weighted by atomic mass is 9.78. The molecule has 0 aromatic heterocycles. The molecule has 114 valence electrons. The van der Waals surface area contributed by atoms with Crippen LogP contribution in [0.3, 0.4) is 0 Å². The third kappa shape index (κ3) is 3.85. The van der Waals surface area contributed by atoms with Crippen molar-refractivity contribution in [3.05, 3.63) is 0 Å². The number of piperidine rings is 1. The number of primary amides is 1. The molecule has 0 aromatic carbocycles. The van der Waals surface area contributed by atoms with Gasteiger partial charge in [-0.15, -0.1) is 0 Å². The van der Waals surface area contributed by atoms with Crippen LogP contribution in [0.1, 0.15) is 39.5 Å². The number of nitrogens with zero attached hydrogens (tertiary/aromatic N) is 1. The quantitative estimate of drug-likeness (QED) is 0.684. The smallest absolute Gasteiger partial charge is 0.317 e. The Balaban J connectivity index is 2.65. The number of carbonyl (C=O) groups is 3. The van der Waals surface area contributed by atoms with Gasteiger partial charge in [0.25, 0.3) is 0 Å². The molecule has 2 atom stereocenters. The van der Waals surface area contributed by atoms with Gasteiger partial charge in [-0.3, -0.25) is 9.59 Å². The molecule has 1 aliphatic heterocycles. The first kappa shape index (κ1) is 16.3. The molecule has 20 heavy (non-hydrogen) atoms. The highest BCUT2D eigenvalue weighted by molar-refractivity contribution is 5.80. The van der Waals surface area contributed by atoms with Crippen molar-refractivity contribution in [1.29, 1.82) is 0 Å². The Morgan fingerprint density at radius 3 is 2.60 bits per heavy atom. The summed E-state index contributed by atoms with van der Waals surface area (Å²) < 4.78 is 0. The van der Waals surface area contributed by atoms with Gasteiger partial charge in [-0.05, 0) is 26.2 Å². The Bertz CT molecular complexity index is 399. The fourth-order valence-electron chi connectivity index (χ4n) is 2.57.